The minimum absolute atomic E-state index is 0.00171. The van der Waals surface area contributed by atoms with Crippen molar-refractivity contribution in [3.05, 3.63) is 0 Å². The van der Waals surface area contributed by atoms with E-state index in [1.54, 1.807) is 0 Å². The Bertz CT molecular complexity index is 271. The summed E-state index contributed by atoms with van der Waals surface area (Å²) in [4.78, 5) is 0. The largest absolute Gasteiger partial charge is 0.312 e. The molecule has 90 valence electrons. The van der Waals surface area contributed by atoms with E-state index in [-0.39, 0.29) is 11.8 Å². The molecule has 5 heteroatoms. The van der Waals surface area contributed by atoms with Crippen molar-refractivity contribution in [2.24, 2.45) is 0 Å². The first-order chi connectivity index (χ1) is 7.05. The van der Waals surface area contributed by atoms with E-state index in [1.807, 2.05) is 13.8 Å². The molecule has 0 spiro atoms. The Morgan fingerprint density at radius 3 is 2.73 bits per heavy atom. The van der Waals surface area contributed by atoms with Crippen molar-refractivity contribution in [2.75, 3.05) is 12.3 Å². The average molecular weight is 234 g/mol. The minimum atomic E-state index is -3.07. The molecular weight excluding hydrogens is 212 g/mol. The van der Waals surface area contributed by atoms with Crippen LogP contribution in [-0.2, 0) is 10.0 Å². The van der Waals surface area contributed by atoms with Gasteiger partial charge in [0, 0.05) is 12.1 Å². The second-order valence-corrected chi connectivity index (χ2v) is 6.16. The highest BCUT2D eigenvalue weighted by Crippen LogP contribution is 2.10. The van der Waals surface area contributed by atoms with Gasteiger partial charge in [0.25, 0.3) is 0 Å². The lowest BCUT2D eigenvalue weighted by molar-refractivity contribution is 0.347. The summed E-state index contributed by atoms with van der Waals surface area (Å²) >= 11 is 0. The first kappa shape index (κ1) is 12.9. The van der Waals surface area contributed by atoms with Crippen molar-refractivity contribution < 1.29 is 8.42 Å². The topological polar surface area (TPSA) is 58.2 Å². The van der Waals surface area contributed by atoms with Gasteiger partial charge in [0.2, 0.25) is 10.0 Å². The van der Waals surface area contributed by atoms with E-state index >= 15 is 0 Å². The van der Waals surface area contributed by atoms with Crippen molar-refractivity contribution >= 4 is 10.0 Å². The zero-order valence-electron chi connectivity index (χ0n) is 9.62. The lowest BCUT2D eigenvalue weighted by Gasteiger charge is -2.29. The van der Waals surface area contributed by atoms with E-state index in [9.17, 15) is 8.42 Å². The van der Waals surface area contributed by atoms with Gasteiger partial charge in [0.1, 0.15) is 0 Å². The highest BCUT2D eigenvalue weighted by Gasteiger charge is 2.22. The van der Waals surface area contributed by atoms with Crippen molar-refractivity contribution in [2.45, 2.75) is 51.6 Å². The summed E-state index contributed by atoms with van der Waals surface area (Å²) in [5.74, 6) is 0.226. The van der Waals surface area contributed by atoms with Gasteiger partial charge in [-0.2, -0.15) is 0 Å². The summed E-state index contributed by atoms with van der Waals surface area (Å²) in [6, 6.07) is 0.298. The van der Waals surface area contributed by atoms with Gasteiger partial charge in [0.05, 0.1) is 5.75 Å². The molecule has 0 aliphatic carbocycles. The summed E-state index contributed by atoms with van der Waals surface area (Å²) in [7, 11) is -3.07. The molecule has 1 heterocycles. The van der Waals surface area contributed by atoms with Gasteiger partial charge in [0.15, 0.2) is 0 Å². The number of nitrogens with one attached hydrogen (secondary N) is 2. The first-order valence-electron chi connectivity index (χ1n) is 5.78. The van der Waals surface area contributed by atoms with Crippen LogP contribution >= 0.6 is 0 Å². The van der Waals surface area contributed by atoms with Crippen LogP contribution in [0.25, 0.3) is 0 Å². The maximum absolute atomic E-state index is 11.5. The van der Waals surface area contributed by atoms with Crippen molar-refractivity contribution in [1.82, 2.24) is 10.0 Å². The van der Waals surface area contributed by atoms with Crippen LogP contribution in [0.3, 0.4) is 0 Å². The van der Waals surface area contributed by atoms with E-state index in [0.717, 1.165) is 13.0 Å². The molecular formula is C10H22N2O2S. The second kappa shape index (κ2) is 5.82. The molecule has 2 unspecified atom stereocenters. The van der Waals surface area contributed by atoms with E-state index in [4.69, 9.17) is 0 Å². The third kappa shape index (κ3) is 4.49. The van der Waals surface area contributed by atoms with Gasteiger partial charge in [-0.05, 0) is 32.7 Å². The fourth-order valence-corrected chi connectivity index (χ4v) is 3.38. The van der Waals surface area contributed by atoms with Crippen LogP contribution < -0.4 is 10.0 Å². The van der Waals surface area contributed by atoms with E-state index in [0.29, 0.717) is 12.5 Å². The highest BCUT2D eigenvalue weighted by molar-refractivity contribution is 7.89. The van der Waals surface area contributed by atoms with Crippen molar-refractivity contribution in [3.8, 4) is 0 Å². The molecule has 1 fully saturated rings. The van der Waals surface area contributed by atoms with Crippen LogP contribution in [0.15, 0.2) is 0 Å². The molecule has 0 bridgehead atoms. The molecule has 0 aromatic rings. The van der Waals surface area contributed by atoms with Gasteiger partial charge >= 0.3 is 0 Å². The molecule has 1 saturated heterocycles. The molecule has 0 aromatic carbocycles. The Hall–Kier alpha value is -0.130. The molecule has 0 saturated carbocycles. The number of hydrogen-bond acceptors (Lipinski definition) is 3. The predicted molar refractivity (Wildman–Crippen MR) is 62.3 cm³/mol. The standard InChI is InChI=1S/C10H22N2O2S/c1-3-8-15(13,14)12-9(2)10-6-4-5-7-11-10/h9-12H,3-8H2,1-2H3. The predicted octanol–water partition coefficient (Wildman–Crippen LogP) is 0.846. The average Bonchev–Trinajstić information content (AvgIpc) is 2.18. The summed E-state index contributed by atoms with van der Waals surface area (Å²) in [6.45, 7) is 4.82. The SMILES string of the molecule is CCCS(=O)(=O)NC(C)C1CCCCN1. The van der Waals surface area contributed by atoms with Crippen molar-refractivity contribution in [1.29, 1.82) is 0 Å². The van der Waals surface area contributed by atoms with Gasteiger partial charge in [-0.15, -0.1) is 0 Å². The number of sulfonamides is 1. The maximum atomic E-state index is 11.5. The van der Waals surface area contributed by atoms with E-state index in [1.165, 1.54) is 12.8 Å². The van der Waals surface area contributed by atoms with Crippen LogP contribution in [0.5, 0.6) is 0 Å². The Morgan fingerprint density at radius 1 is 1.47 bits per heavy atom. The Kier molecular flexibility index (Phi) is 5.02. The summed E-state index contributed by atoms with van der Waals surface area (Å²) < 4.78 is 25.8. The summed E-state index contributed by atoms with van der Waals surface area (Å²) in [6.07, 6.45) is 4.12. The monoisotopic (exact) mass is 234 g/mol. The maximum Gasteiger partial charge on any atom is 0.211 e. The molecule has 2 N–H and O–H groups in total. The van der Waals surface area contributed by atoms with Crippen LogP contribution in [-0.4, -0.2) is 32.8 Å². The highest BCUT2D eigenvalue weighted by atomic mass is 32.2. The fourth-order valence-electron chi connectivity index (χ4n) is 2.00. The van der Waals surface area contributed by atoms with Crippen LogP contribution in [0.2, 0.25) is 0 Å². The molecule has 15 heavy (non-hydrogen) atoms. The molecule has 2 atom stereocenters. The number of rotatable bonds is 5. The number of hydrogen-bond donors (Lipinski definition) is 2. The molecule has 0 radical (unpaired) electrons. The zero-order chi connectivity index (χ0) is 11.3. The smallest absolute Gasteiger partial charge is 0.211 e. The second-order valence-electron chi connectivity index (χ2n) is 4.28. The molecule has 1 aliphatic heterocycles. The summed E-state index contributed by atoms with van der Waals surface area (Å²) in [5, 5.41) is 3.36. The lowest BCUT2D eigenvalue weighted by Crippen LogP contribution is -2.50. The molecule has 0 aromatic heterocycles. The van der Waals surface area contributed by atoms with Gasteiger partial charge in [-0.3, -0.25) is 0 Å². The van der Waals surface area contributed by atoms with Gasteiger partial charge in [-0.1, -0.05) is 13.3 Å². The zero-order valence-corrected chi connectivity index (χ0v) is 10.4. The van der Waals surface area contributed by atoms with Gasteiger partial charge in [-0.25, -0.2) is 13.1 Å². The Labute approximate surface area is 92.9 Å². The Morgan fingerprint density at radius 2 is 2.20 bits per heavy atom. The van der Waals surface area contributed by atoms with Gasteiger partial charge < -0.3 is 5.32 Å². The third-order valence-electron chi connectivity index (χ3n) is 2.79. The van der Waals surface area contributed by atoms with Crippen LogP contribution in [0.4, 0.5) is 0 Å². The van der Waals surface area contributed by atoms with Crippen LogP contribution in [0, 0.1) is 0 Å². The summed E-state index contributed by atoms with van der Waals surface area (Å²) in [5.41, 5.74) is 0. The molecule has 1 rings (SSSR count). The fraction of sp³-hybridized carbons (Fsp3) is 1.00. The minimum Gasteiger partial charge on any atom is -0.312 e. The molecule has 4 nitrogen and oxygen atoms in total. The quantitative estimate of drug-likeness (QED) is 0.741. The van der Waals surface area contributed by atoms with E-state index in [2.05, 4.69) is 10.0 Å². The Balaban J connectivity index is 2.43. The lowest BCUT2D eigenvalue weighted by atomic mass is 10.00. The molecule has 0 amide bonds. The van der Waals surface area contributed by atoms with E-state index < -0.39 is 10.0 Å². The third-order valence-corrected chi connectivity index (χ3v) is 4.47. The first-order valence-corrected chi connectivity index (χ1v) is 7.44. The molecule has 1 aliphatic rings. The normalized spacial score (nSPS) is 25.1. The number of piperidine rings is 1. The van der Waals surface area contributed by atoms with Crippen LogP contribution in [0.1, 0.15) is 39.5 Å². The van der Waals surface area contributed by atoms with Crippen molar-refractivity contribution in [3.63, 3.8) is 0 Å².